The Labute approximate surface area is 158 Å². The van der Waals surface area contributed by atoms with Crippen LogP contribution >= 0.6 is 11.6 Å². The van der Waals surface area contributed by atoms with Crippen LogP contribution < -0.4 is 5.32 Å². The quantitative estimate of drug-likeness (QED) is 0.563. The number of ether oxygens (including phenoxy) is 2. The standard InChI is InChI=1S/C20H22ClN3O2/c1-2-25-8-9-26-13-16-5-3-4-15(10-16)12-22-20-18-7-6-17(21)11-19(18)23-14-24-20/h3-7,10-11,14H,2,8-9,12-13H2,1H3,(H,22,23,24). The molecule has 1 N–H and O–H groups in total. The predicted molar refractivity (Wildman–Crippen MR) is 104 cm³/mol. The monoisotopic (exact) mass is 371 g/mol. The summed E-state index contributed by atoms with van der Waals surface area (Å²) in [7, 11) is 0. The third-order valence-electron chi connectivity index (χ3n) is 3.89. The number of hydrogen-bond acceptors (Lipinski definition) is 5. The summed E-state index contributed by atoms with van der Waals surface area (Å²) in [5.74, 6) is 0.796. The van der Waals surface area contributed by atoms with Crippen molar-refractivity contribution in [2.45, 2.75) is 20.1 Å². The summed E-state index contributed by atoms with van der Waals surface area (Å²) in [6, 6.07) is 13.9. The molecule has 3 rings (SSSR count). The number of hydrogen-bond donors (Lipinski definition) is 1. The minimum absolute atomic E-state index is 0.579. The largest absolute Gasteiger partial charge is 0.379 e. The Morgan fingerprint density at radius 3 is 2.73 bits per heavy atom. The van der Waals surface area contributed by atoms with E-state index >= 15 is 0 Å². The van der Waals surface area contributed by atoms with E-state index < -0.39 is 0 Å². The van der Waals surface area contributed by atoms with Gasteiger partial charge in [-0.3, -0.25) is 0 Å². The predicted octanol–water partition coefficient (Wildman–Crippen LogP) is 4.45. The SMILES string of the molecule is CCOCCOCc1cccc(CNc2ncnc3cc(Cl)ccc23)c1. The van der Waals surface area contributed by atoms with E-state index in [0.29, 0.717) is 38.0 Å². The molecule has 0 saturated heterocycles. The van der Waals surface area contributed by atoms with Crippen molar-refractivity contribution in [1.29, 1.82) is 0 Å². The maximum absolute atomic E-state index is 6.03. The van der Waals surface area contributed by atoms with Crippen LogP contribution in [0.15, 0.2) is 48.8 Å². The van der Waals surface area contributed by atoms with Crippen molar-refractivity contribution in [2.75, 3.05) is 25.1 Å². The van der Waals surface area contributed by atoms with Gasteiger partial charge in [-0.05, 0) is 36.2 Å². The molecule has 0 bridgehead atoms. The van der Waals surface area contributed by atoms with E-state index in [1.165, 1.54) is 0 Å². The van der Waals surface area contributed by atoms with Crippen molar-refractivity contribution in [1.82, 2.24) is 9.97 Å². The van der Waals surface area contributed by atoms with Crippen LogP contribution in [0.5, 0.6) is 0 Å². The molecule has 0 spiro atoms. The summed E-state index contributed by atoms with van der Waals surface area (Å²) in [5, 5.41) is 5.00. The van der Waals surface area contributed by atoms with Gasteiger partial charge in [0.1, 0.15) is 12.1 Å². The molecule has 136 valence electrons. The fraction of sp³-hybridized carbons (Fsp3) is 0.300. The molecular weight excluding hydrogens is 350 g/mol. The van der Waals surface area contributed by atoms with Gasteiger partial charge in [-0.15, -0.1) is 0 Å². The summed E-state index contributed by atoms with van der Waals surface area (Å²) in [5.41, 5.74) is 3.13. The number of halogens is 1. The van der Waals surface area contributed by atoms with Gasteiger partial charge in [-0.2, -0.15) is 0 Å². The maximum atomic E-state index is 6.03. The topological polar surface area (TPSA) is 56.3 Å². The fourth-order valence-corrected chi connectivity index (χ4v) is 2.80. The van der Waals surface area contributed by atoms with Gasteiger partial charge in [0.05, 0.1) is 25.3 Å². The van der Waals surface area contributed by atoms with E-state index in [-0.39, 0.29) is 0 Å². The molecule has 0 aliphatic heterocycles. The Morgan fingerprint density at radius 2 is 1.85 bits per heavy atom. The number of benzene rings is 2. The Bertz CT molecular complexity index is 857. The lowest BCUT2D eigenvalue weighted by atomic mass is 10.1. The molecule has 26 heavy (non-hydrogen) atoms. The van der Waals surface area contributed by atoms with Crippen LogP contribution in [0.4, 0.5) is 5.82 Å². The summed E-state index contributed by atoms with van der Waals surface area (Å²) in [6.45, 7) is 5.17. The first-order valence-corrected chi connectivity index (χ1v) is 9.01. The lowest BCUT2D eigenvalue weighted by molar-refractivity contribution is 0.0453. The second kappa shape index (κ2) is 9.48. The van der Waals surface area contributed by atoms with Crippen molar-refractivity contribution < 1.29 is 9.47 Å². The van der Waals surface area contributed by atoms with Gasteiger partial charge in [0, 0.05) is 23.6 Å². The Morgan fingerprint density at radius 1 is 1.00 bits per heavy atom. The van der Waals surface area contributed by atoms with Gasteiger partial charge in [0.15, 0.2) is 0 Å². The molecule has 1 heterocycles. The van der Waals surface area contributed by atoms with E-state index in [2.05, 4.69) is 33.5 Å². The maximum Gasteiger partial charge on any atom is 0.137 e. The molecule has 5 nitrogen and oxygen atoms in total. The van der Waals surface area contributed by atoms with Gasteiger partial charge in [0.25, 0.3) is 0 Å². The molecule has 0 fully saturated rings. The highest BCUT2D eigenvalue weighted by Gasteiger charge is 2.04. The number of nitrogens with zero attached hydrogens (tertiary/aromatic N) is 2. The molecule has 6 heteroatoms. The summed E-state index contributed by atoms with van der Waals surface area (Å²) in [4.78, 5) is 8.61. The van der Waals surface area contributed by atoms with Gasteiger partial charge in [0.2, 0.25) is 0 Å². The minimum Gasteiger partial charge on any atom is -0.379 e. The number of nitrogens with one attached hydrogen (secondary N) is 1. The smallest absolute Gasteiger partial charge is 0.137 e. The molecular formula is C20H22ClN3O2. The average molecular weight is 372 g/mol. The molecule has 3 aromatic rings. The van der Waals surface area contributed by atoms with Crippen LogP contribution in [0.3, 0.4) is 0 Å². The number of aromatic nitrogens is 2. The van der Waals surface area contributed by atoms with E-state index in [0.717, 1.165) is 27.8 Å². The van der Waals surface area contributed by atoms with Gasteiger partial charge in [-0.1, -0.05) is 35.9 Å². The Balaban J connectivity index is 1.61. The van der Waals surface area contributed by atoms with Crippen LogP contribution in [-0.2, 0) is 22.6 Å². The lowest BCUT2D eigenvalue weighted by Crippen LogP contribution is -2.05. The molecule has 0 amide bonds. The van der Waals surface area contributed by atoms with Crippen LogP contribution in [0.2, 0.25) is 5.02 Å². The molecule has 0 unspecified atom stereocenters. The molecule has 2 aromatic carbocycles. The molecule has 0 aliphatic rings. The Hall–Kier alpha value is -2.21. The molecule has 0 aliphatic carbocycles. The van der Waals surface area contributed by atoms with Crippen LogP contribution in [0.25, 0.3) is 10.9 Å². The highest BCUT2D eigenvalue weighted by molar-refractivity contribution is 6.31. The van der Waals surface area contributed by atoms with E-state index in [1.807, 2.05) is 31.2 Å². The second-order valence-corrected chi connectivity index (χ2v) is 6.24. The van der Waals surface area contributed by atoms with Crippen molar-refractivity contribution >= 4 is 28.3 Å². The number of rotatable bonds is 9. The minimum atomic E-state index is 0.579. The normalized spacial score (nSPS) is 11.0. The summed E-state index contributed by atoms with van der Waals surface area (Å²) in [6.07, 6.45) is 1.55. The van der Waals surface area contributed by atoms with E-state index in [9.17, 15) is 0 Å². The zero-order chi connectivity index (χ0) is 18.2. The third kappa shape index (κ3) is 5.14. The average Bonchev–Trinajstić information content (AvgIpc) is 2.66. The number of anilines is 1. The van der Waals surface area contributed by atoms with Crippen LogP contribution in [-0.4, -0.2) is 29.8 Å². The van der Waals surface area contributed by atoms with Crippen molar-refractivity contribution in [3.05, 3.63) is 64.9 Å². The first-order chi connectivity index (χ1) is 12.8. The molecule has 0 saturated carbocycles. The van der Waals surface area contributed by atoms with E-state index in [1.54, 1.807) is 6.33 Å². The lowest BCUT2D eigenvalue weighted by Gasteiger charge is -2.10. The zero-order valence-electron chi connectivity index (χ0n) is 14.7. The van der Waals surface area contributed by atoms with Crippen LogP contribution in [0.1, 0.15) is 18.1 Å². The van der Waals surface area contributed by atoms with E-state index in [4.69, 9.17) is 21.1 Å². The fourth-order valence-electron chi connectivity index (χ4n) is 2.64. The number of fused-ring (bicyclic) bond motifs is 1. The van der Waals surface area contributed by atoms with Crippen molar-refractivity contribution in [3.63, 3.8) is 0 Å². The van der Waals surface area contributed by atoms with Gasteiger partial charge < -0.3 is 14.8 Å². The molecule has 1 aromatic heterocycles. The van der Waals surface area contributed by atoms with Gasteiger partial charge >= 0.3 is 0 Å². The van der Waals surface area contributed by atoms with Crippen molar-refractivity contribution in [3.8, 4) is 0 Å². The highest BCUT2D eigenvalue weighted by Crippen LogP contribution is 2.23. The van der Waals surface area contributed by atoms with Crippen molar-refractivity contribution in [2.24, 2.45) is 0 Å². The molecule has 0 atom stereocenters. The van der Waals surface area contributed by atoms with Crippen LogP contribution in [0, 0.1) is 0 Å². The molecule has 0 radical (unpaired) electrons. The zero-order valence-corrected chi connectivity index (χ0v) is 15.5. The summed E-state index contributed by atoms with van der Waals surface area (Å²) >= 11 is 6.03. The highest BCUT2D eigenvalue weighted by atomic mass is 35.5. The second-order valence-electron chi connectivity index (χ2n) is 5.81. The first kappa shape index (κ1) is 18.6. The Kier molecular flexibility index (Phi) is 6.77. The summed E-state index contributed by atoms with van der Waals surface area (Å²) < 4.78 is 10.9. The van der Waals surface area contributed by atoms with Gasteiger partial charge in [-0.25, -0.2) is 9.97 Å². The third-order valence-corrected chi connectivity index (χ3v) is 4.13. The first-order valence-electron chi connectivity index (χ1n) is 8.63.